The number of non-ortho nitro benzene ring substituents is 1. The number of ether oxygens (including phenoxy) is 1. The van der Waals surface area contributed by atoms with E-state index in [1.165, 1.54) is 18.3 Å². The number of benzene rings is 1. The van der Waals surface area contributed by atoms with Gasteiger partial charge in [0.05, 0.1) is 27.2 Å². The first-order valence-corrected chi connectivity index (χ1v) is 8.42. The molecule has 7 nitrogen and oxygen atoms in total. The van der Waals surface area contributed by atoms with E-state index in [-0.39, 0.29) is 12.3 Å². The highest BCUT2D eigenvalue weighted by Gasteiger charge is 2.23. The molecule has 0 unspecified atom stereocenters. The van der Waals surface area contributed by atoms with Crippen molar-refractivity contribution >= 4 is 44.2 Å². The van der Waals surface area contributed by atoms with Crippen LogP contribution in [0.5, 0.6) is 0 Å². The molecule has 0 bridgehead atoms. The van der Waals surface area contributed by atoms with Crippen molar-refractivity contribution < 1.29 is 14.5 Å². The Hall–Kier alpha value is -2.22. The summed E-state index contributed by atoms with van der Waals surface area (Å²) in [5.41, 5.74) is 1.41. The van der Waals surface area contributed by atoms with Gasteiger partial charge in [-0.1, -0.05) is 0 Å². The van der Waals surface area contributed by atoms with E-state index in [0.717, 1.165) is 0 Å². The fourth-order valence-electron chi connectivity index (χ4n) is 2.58. The predicted octanol–water partition coefficient (Wildman–Crippen LogP) is 3.93. The van der Waals surface area contributed by atoms with Gasteiger partial charge in [0.15, 0.2) is 0 Å². The Kier molecular flexibility index (Phi) is 5.71. The fraction of sp³-hybridized carbons (Fsp3) is 0.375. The number of rotatable bonds is 6. The summed E-state index contributed by atoms with van der Waals surface area (Å²) in [6, 6.07) is 2.86. The van der Waals surface area contributed by atoms with Crippen LogP contribution in [0.2, 0.25) is 0 Å². The van der Waals surface area contributed by atoms with Gasteiger partial charge in [0.2, 0.25) is 0 Å². The molecule has 0 saturated carbocycles. The van der Waals surface area contributed by atoms with Crippen LogP contribution >= 0.6 is 15.9 Å². The maximum atomic E-state index is 12.3. The molecule has 0 fully saturated rings. The Bertz CT molecular complexity index is 790. The van der Waals surface area contributed by atoms with Gasteiger partial charge >= 0.3 is 5.97 Å². The van der Waals surface area contributed by atoms with Crippen molar-refractivity contribution in [2.45, 2.75) is 20.8 Å². The van der Waals surface area contributed by atoms with Crippen molar-refractivity contribution in [2.75, 3.05) is 24.6 Å². The first-order valence-electron chi connectivity index (χ1n) is 7.63. The third-order valence-corrected chi connectivity index (χ3v) is 4.27. The largest absolute Gasteiger partial charge is 0.462 e. The van der Waals surface area contributed by atoms with Gasteiger partial charge in [-0.2, -0.15) is 0 Å². The molecule has 1 aromatic carbocycles. The van der Waals surface area contributed by atoms with Crippen molar-refractivity contribution in [2.24, 2.45) is 0 Å². The average Bonchev–Trinajstić information content (AvgIpc) is 2.56. The topological polar surface area (TPSA) is 85.6 Å². The van der Waals surface area contributed by atoms with E-state index in [9.17, 15) is 14.9 Å². The molecule has 0 aliphatic carbocycles. The summed E-state index contributed by atoms with van der Waals surface area (Å²) in [4.78, 5) is 29.3. The highest BCUT2D eigenvalue weighted by molar-refractivity contribution is 9.10. The number of anilines is 1. The van der Waals surface area contributed by atoms with Gasteiger partial charge in [0.1, 0.15) is 5.56 Å². The van der Waals surface area contributed by atoms with E-state index < -0.39 is 10.9 Å². The number of halogens is 1. The van der Waals surface area contributed by atoms with Crippen LogP contribution in [-0.4, -0.2) is 35.6 Å². The molecule has 8 heteroatoms. The van der Waals surface area contributed by atoms with Crippen molar-refractivity contribution in [1.29, 1.82) is 0 Å². The molecular formula is C16H18BrN3O4. The smallest absolute Gasteiger partial charge is 0.341 e. The molecule has 128 valence electrons. The molecule has 0 spiro atoms. The quantitative estimate of drug-likeness (QED) is 0.418. The molecule has 1 aromatic heterocycles. The normalized spacial score (nSPS) is 10.7. The molecule has 1 heterocycles. The summed E-state index contributed by atoms with van der Waals surface area (Å²) >= 11 is 3.33. The van der Waals surface area contributed by atoms with Gasteiger partial charge in [0.25, 0.3) is 5.69 Å². The molecule has 2 rings (SSSR count). The van der Waals surface area contributed by atoms with Crippen LogP contribution in [0.3, 0.4) is 0 Å². The minimum absolute atomic E-state index is 0.0643. The van der Waals surface area contributed by atoms with E-state index in [1.54, 1.807) is 6.92 Å². The molecule has 0 aliphatic heterocycles. The van der Waals surface area contributed by atoms with Crippen LogP contribution in [0.15, 0.2) is 22.8 Å². The number of nitro groups is 1. The van der Waals surface area contributed by atoms with Gasteiger partial charge in [-0.3, -0.25) is 15.1 Å². The Balaban J connectivity index is 2.86. The lowest BCUT2D eigenvalue weighted by Crippen LogP contribution is -2.25. The third kappa shape index (κ3) is 3.33. The fourth-order valence-corrected chi connectivity index (χ4v) is 3.13. The lowest BCUT2D eigenvalue weighted by atomic mass is 10.1. The van der Waals surface area contributed by atoms with Crippen molar-refractivity contribution in [3.63, 3.8) is 0 Å². The van der Waals surface area contributed by atoms with Crippen molar-refractivity contribution in [3.8, 4) is 0 Å². The monoisotopic (exact) mass is 395 g/mol. The van der Waals surface area contributed by atoms with Crippen LogP contribution in [0.4, 0.5) is 11.4 Å². The molecule has 0 atom stereocenters. The summed E-state index contributed by atoms with van der Waals surface area (Å²) in [5, 5.41) is 11.7. The van der Waals surface area contributed by atoms with Crippen molar-refractivity contribution in [1.82, 2.24) is 4.98 Å². The number of nitrogens with zero attached hydrogens (tertiary/aromatic N) is 3. The van der Waals surface area contributed by atoms with Gasteiger partial charge in [-0.05, 0) is 36.7 Å². The first-order chi connectivity index (χ1) is 11.4. The number of hydrogen-bond acceptors (Lipinski definition) is 6. The maximum absolute atomic E-state index is 12.3. The Labute approximate surface area is 147 Å². The highest BCUT2D eigenvalue weighted by Crippen LogP contribution is 2.36. The van der Waals surface area contributed by atoms with E-state index >= 15 is 0 Å². The zero-order valence-electron chi connectivity index (χ0n) is 13.7. The van der Waals surface area contributed by atoms with E-state index in [4.69, 9.17) is 4.74 Å². The van der Waals surface area contributed by atoms with Gasteiger partial charge in [0, 0.05) is 36.8 Å². The van der Waals surface area contributed by atoms with Crippen LogP contribution in [0, 0.1) is 10.1 Å². The maximum Gasteiger partial charge on any atom is 0.341 e. The number of carbonyl (C=O) groups excluding carboxylic acids is 1. The summed E-state index contributed by atoms with van der Waals surface area (Å²) in [6.07, 6.45) is 1.46. The SMILES string of the molecule is CCOC(=O)c1cnc2c(Br)cc([N+](=O)[O-])cc2c1N(CC)CC. The number of fused-ring (bicyclic) bond motifs is 1. The average molecular weight is 396 g/mol. The zero-order chi connectivity index (χ0) is 17.9. The molecule has 0 N–H and O–H groups in total. The van der Waals surface area contributed by atoms with Gasteiger partial charge in [-0.15, -0.1) is 0 Å². The highest BCUT2D eigenvalue weighted by atomic mass is 79.9. The summed E-state index contributed by atoms with van der Waals surface area (Å²) < 4.78 is 5.62. The minimum Gasteiger partial charge on any atom is -0.462 e. The number of carbonyl (C=O) groups is 1. The molecule has 0 aliphatic rings. The predicted molar refractivity (Wildman–Crippen MR) is 95.6 cm³/mol. The Morgan fingerprint density at radius 1 is 1.33 bits per heavy atom. The van der Waals surface area contributed by atoms with Crippen LogP contribution < -0.4 is 4.90 Å². The number of nitro benzene ring substituents is 1. The van der Waals surface area contributed by atoms with Gasteiger partial charge < -0.3 is 9.64 Å². The number of aromatic nitrogens is 1. The van der Waals surface area contributed by atoms with E-state index in [0.29, 0.717) is 39.7 Å². The Morgan fingerprint density at radius 3 is 2.54 bits per heavy atom. The molecule has 0 saturated heterocycles. The summed E-state index contributed by atoms with van der Waals surface area (Å²) in [6.45, 7) is 7.16. The molecule has 0 amide bonds. The number of hydrogen-bond donors (Lipinski definition) is 0. The molecule has 24 heavy (non-hydrogen) atoms. The van der Waals surface area contributed by atoms with Crippen LogP contribution in [0.25, 0.3) is 10.9 Å². The summed E-state index contributed by atoms with van der Waals surface area (Å²) in [5.74, 6) is -0.489. The van der Waals surface area contributed by atoms with Crippen molar-refractivity contribution in [3.05, 3.63) is 38.5 Å². The summed E-state index contributed by atoms with van der Waals surface area (Å²) in [7, 11) is 0. The molecule has 2 aromatic rings. The van der Waals surface area contributed by atoms with E-state index in [1.807, 2.05) is 18.7 Å². The zero-order valence-corrected chi connectivity index (χ0v) is 15.3. The second kappa shape index (κ2) is 7.57. The lowest BCUT2D eigenvalue weighted by molar-refractivity contribution is -0.384. The van der Waals surface area contributed by atoms with E-state index in [2.05, 4.69) is 20.9 Å². The Morgan fingerprint density at radius 2 is 2.00 bits per heavy atom. The number of pyridine rings is 1. The number of esters is 1. The second-order valence-corrected chi connectivity index (χ2v) is 5.85. The van der Waals surface area contributed by atoms with Gasteiger partial charge in [-0.25, -0.2) is 4.79 Å². The second-order valence-electron chi connectivity index (χ2n) is 4.99. The van der Waals surface area contributed by atoms with Crippen LogP contribution in [0.1, 0.15) is 31.1 Å². The standard InChI is InChI=1S/C16H18BrN3O4/c1-4-19(5-2)15-11-7-10(20(22)23)8-13(17)14(11)18-9-12(15)16(21)24-6-3/h7-9H,4-6H2,1-3H3. The van der Waals surface area contributed by atoms with Crippen LogP contribution in [-0.2, 0) is 4.74 Å². The third-order valence-electron chi connectivity index (χ3n) is 3.67. The minimum atomic E-state index is -0.489. The first kappa shape index (κ1) is 18.1. The molecular weight excluding hydrogens is 378 g/mol. The molecule has 0 radical (unpaired) electrons. The lowest BCUT2D eigenvalue weighted by Gasteiger charge is -2.25.